The van der Waals surface area contributed by atoms with Gasteiger partial charge in [-0.25, -0.2) is 4.79 Å². The molecule has 0 aromatic rings. The Morgan fingerprint density at radius 2 is 1.79 bits per heavy atom. The van der Waals surface area contributed by atoms with E-state index in [9.17, 15) is 27.9 Å². The summed E-state index contributed by atoms with van der Waals surface area (Å²) in [4.78, 5) is 38.0. The van der Waals surface area contributed by atoms with Gasteiger partial charge in [0.15, 0.2) is 0 Å². The predicted molar refractivity (Wildman–Crippen MR) is 92.5 cm³/mol. The second-order valence-corrected chi connectivity index (χ2v) is 7.50. The highest BCUT2D eigenvalue weighted by Crippen LogP contribution is 2.37. The van der Waals surface area contributed by atoms with Crippen LogP contribution < -0.4 is 0 Å². The average molecular weight is 406 g/mol. The molecule has 3 unspecified atom stereocenters. The number of nitrogens with zero attached hydrogens (tertiary/aromatic N) is 2. The lowest BCUT2D eigenvalue weighted by Crippen LogP contribution is -2.61. The van der Waals surface area contributed by atoms with Crippen molar-refractivity contribution in [3.8, 4) is 0 Å². The predicted octanol–water partition coefficient (Wildman–Crippen LogP) is 2.13. The number of hydrogen-bond donors (Lipinski definition) is 2. The first-order valence-corrected chi connectivity index (χ1v) is 9.22. The molecular formula is C18H25F3N2O5. The van der Waals surface area contributed by atoms with Gasteiger partial charge in [0.1, 0.15) is 5.41 Å². The monoisotopic (exact) mass is 406 g/mol. The summed E-state index contributed by atoms with van der Waals surface area (Å²) in [5.74, 6) is -3.89. The number of carbonyl (C=O) groups excluding carboxylic acids is 1. The zero-order chi connectivity index (χ0) is 21.1. The highest BCUT2D eigenvalue weighted by molar-refractivity contribution is 6.02. The van der Waals surface area contributed by atoms with E-state index in [4.69, 9.17) is 9.90 Å². The van der Waals surface area contributed by atoms with Gasteiger partial charge in [0, 0.05) is 25.2 Å². The fourth-order valence-electron chi connectivity index (χ4n) is 4.06. The molecular weight excluding hydrogens is 381 g/mol. The van der Waals surface area contributed by atoms with Crippen molar-refractivity contribution in [3.05, 3.63) is 12.2 Å². The number of aliphatic carboxylic acids is 2. The highest BCUT2D eigenvalue weighted by atomic mass is 19.4. The first kappa shape index (κ1) is 22.2. The smallest absolute Gasteiger partial charge is 0.480 e. The standard InChI is InChI=1S/C16H24N2O3.C2HF3O2/c1-12-10-17-9-5-6-13(17)11-18(12)14(19)16(15(20)21)7-3-2-4-8-16;3-2(4,5)1(6)7/h2-3,12-13H,4-11H2,1H3,(H,20,21);(H,6,7). The van der Waals surface area contributed by atoms with E-state index in [1.807, 2.05) is 24.0 Å². The zero-order valence-corrected chi connectivity index (χ0v) is 15.6. The summed E-state index contributed by atoms with van der Waals surface area (Å²) in [6.07, 6.45) is 2.49. The van der Waals surface area contributed by atoms with Gasteiger partial charge in [0.2, 0.25) is 5.91 Å². The molecule has 0 radical (unpaired) electrons. The molecule has 0 aromatic heterocycles. The molecule has 0 spiro atoms. The molecule has 10 heteroatoms. The number of carboxylic acid groups (broad SMARTS) is 2. The van der Waals surface area contributed by atoms with Crippen LogP contribution in [0.1, 0.15) is 39.0 Å². The van der Waals surface area contributed by atoms with Crippen LogP contribution in [-0.2, 0) is 14.4 Å². The van der Waals surface area contributed by atoms with Crippen LogP contribution in [0.5, 0.6) is 0 Å². The number of hydrogen-bond acceptors (Lipinski definition) is 4. The normalized spacial score (nSPS) is 30.2. The molecule has 2 N–H and O–H groups in total. The summed E-state index contributed by atoms with van der Waals surface area (Å²) in [7, 11) is 0. The van der Waals surface area contributed by atoms with Gasteiger partial charge in [-0.3, -0.25) is 14.5 Å². The molecule has 1 aliphatic carbocycles. The minimum Gasteiger partial charge on any atom is -0.480 e. The van der Waals surface area contributed by atoms with E-state index >= 15 is 0 Å². The fraction of sp³-hybridized carbons (Fsp3) is 0.722. The lowest BCUT2D eigenvalue weighted by atomic mass is 9.75. The second-order valence-electron chi connectivity index (χ2n) is 7.50. The van der Waals surface area contributed by atoms with Crippen LogP contribution in [0.2, 0.25) is 0 Å². The van der Waals surface area contributed by atoms with Gasteiger partial charge in [-0.2, -0.15) is 13.2 Å². The molecule has 0 saturated carbocycles. The summed E-state index contributed by atoms with van der Waals surface area (Å²) in [6.45, 7) is 4.73. The summed E-state index contributed by atoms with van der Waals surface area (Å²) in [6, 6.07) is 0.532. The number of amides is 1. The van der Waals surface area contributed by atoms with Crippen molar-refractivity contribution in [1.82, 2.24) is 9.80 Å². The molecule has 0 bridgehead atoms. The Morgan fingerprint density at radius 3 is 2.29 bits per heavy atom. The first-order valence-electron chi connectivity index (χ1n) is 9.22. The summed E-state index contributed by atoms with van der Waals surface area (Å²) >= 11 is 0. The maximum atomic E-state index is 13.0. The molecule has 3 rings (SSSR count). The van der Waals surface area contributed by atoms with Crippen molar-refractivity contribution in [3.63, 3.8) is 0 Å². The third kappa shape index (κ3) is 4.65. The van der Waals surface area contributed by atoms with Crippen LogP contribution >= 0.6 is 0 Å². The Morgan fingerprint density at radius 1 is 1.14 bits per heavy atom. The largest absolute Gasteiger partial charge is 0.490 e. The van der Waals surface area contributed by atoms with Crippen molar-refractivity contribution in [2.45, 2.75) is 57.3 Å². The van der Waals surface area contributed by atoms with Crippen molar-refractivity contribution >= 4 is 17.8 Å². The number of rotatable bonds is 2. The van der Waals surface area contributed by atoms with Crippen LogP contribution in [0, 0.1) is 5.41 Å². The van der Waals surface area contributed by atoms with Gasteiger partial charge in [0.05, 0.1) is 0 Å². The highest BCUT2D eigenvalue weighted by Gasteiger charge is 2.50. The lowest BCUT2D eigenvalue weighted by molar-refractivity contribution is -0.192. The van der Waals surface area contributed by atoms with Crippen molar-refractivity contribution in [1.29, 1.82) is 0 Å². The number of carbonyl (C=O) groups is 3. The Labute approximate surface area is 160 Å². The number of fused-ring (bicyclic) bond motifs is 1. The maximum absolute atomic E-state index is 13.0. The summed E-state index contributed by atoms with van der Waals surface area (Å²) in [5, 5.41) is 16.8. The third-order valence-corrected chi connectivity index (χ3v) is 5.63. The van der Waals surface area contributed by atoms with E-state index in [0.29, 0.717) is 31.8 Å². The topological polar surface area (TPSA) is 98.2 Å². The summed E-state index contributed by atoms with van der Waals surface area (Å²) < 4.78 is 31.7. The van der Waals surface area contributed by atoms with Crippen LogP contribution in [-0.4, -0.2) is 75.8 Å². The SMILES string of the molecule is CC1CN2CCCC2CN1C(=O)C1(C(=O)O)CC=CCC1.O=C(O)C(F)(F)F. The van der Waals surface area contributed by atoms with Gasteiger partial charge in [0.25, 0.3) is 0 Å². The van der Waals surface area contributed by atoms with Gasteiger partial charge >= 0.3 is 18.1 Å². The van der Waals surface area contributed by atoms with E-state index < -0.39 is 23.5 Å². The number of halogens is 3. The zero-order valence-electron chi connectivity index (χ0n) is 15.6. The van der Waals surface area contributed by atoms with Crippen molar-refractivity contribution in [2.24, 2.45) is 5.41 Å². The number of alkyl halides is 3. The van der Waals surface area contributed by atoms with E-state index in [1.165, 1.54) is 6.42 Å². The van der Waals surface area contributed by atoms with E-state index in [2.05, 4.69) is 4.90 Å². The van der Waals surface area contributed by atoms with E-state index in [1.54, 1.807) is 0 Å². The van der Waals surface area contributed by atoms with Gasteiger partial charge in [-0.1, -0.05) is 12.2 Å². The molecule has 3 aliphatic rings. The number of piperazine rings is 1. The van der Waals surface area contributed by atoms with Crippen LogP contribution in [0.25, 0.3) is 0 Å². The van der Waals surface area contributed by atoms with Gasteiger partial charge in [-0.05, 0) is 45.6 Å². The van der Waals surface area contributed by atoms with Crippen molar-refractivity contribution < 1.29 is 37.8 Å². The van der Waals surface area contributed by atoms with Gasteiger partial charge < -0.3 is 15.1 Å². The van der Waals surface area contributed by atoms with Crippen molar-refractivity contribution in [2.75, 3.05) is 19.6 Å². The molecule has 7 nitrogen and oxygen atoms in total. The molecule has 2 aliphatic heterocycles. The van der Waals surface area contributed by atoms with Gasteiger partial charge in [-0.15, -0.1) is 0 Å². The molecule has 28 heavy (non-hydrogen) atoms. The maximum Gasteiger partial charge on any atom is 0.490 e. The number of carboxylic acids is 2. The Kier molecular flexibility index (Phi) is 6.74. The number of allylic oxidation sites excluding steroid dienone is 2. The Hall–Kier alpha value is -2.10. The van der Waals surface area contributed by atoms with Crippen LogP contribution in [0.3, 0.4) is 0 Å². The molecule has 1 amide bonds. The van der Waals surface area contributed by atoms with E-state index in [-0.39, 0.29) is 11.9 Å². The van der Waals surface area contributed by atoms with Crippen LogP contribution in [0.4, 0.5) is 13.2 Å². The minimum absolute atomic E-state index is 0.106. The Bertz CT molecular complexity index is 652. The molecule has 158 valence electrons. The molecule has 0 aromatic carbocycles. The molecule has 2 fully saturated rings. The average Bonchev–Trinajstić information content (AvgIpc) is 3.07. The fourth-order valence-corrected chi connectivity index (χ4v) is 4.06. The molecule has 3 atom stereocenters. The summed E-state index contributed by atoms with van der Waals surface area (Å²) in [5.41, 5.74) is -1.23. The Balaban J connectivity index is 0.000000345. The molecule has 2 heterocycles. The third-order valence-electron chi connectivity index (χ3n) is 5.63. The van der Waals surface area contributed by atoms with E-state index in [0.717, 1.165) is 19.5 Å². The second kappa shape index (κ2) is 8.50. The quantitative estimate of drug-likeness (QED) is 0.539. The lowest BCUT2D eigenvalue weighted by Gasteiger charge is -2.45. The minimum atomic E-state index is -5.08. The van der Waals surface area contributed by atoms with Crippen LogP contribution in [0.15, 0.2) is 12.2 Å². The molecule has 2 saturated heterocycles. The first-order chi connectivity index (χ1) is 13.0.